The molecule has 0 aliphatic heterocycles. The van der Waals surface area contributed by atoms with E-state index in [1.54, 1.807) is 0 Å². The van der Waals surface area contributed by atoms with E-state index in [4.69, 9.17) is 25.5 Å². The highest BCUT2D eigenvalue weighted by molar-refractivity contribution is 5.84. The lowest BCUT2D eigenvalue weighted by atomic mass is 10.0. The summed E-state index contributed by atoms with van der Waals surface area (Å²) in [7, 11) is 0. The molecule has 0 bridgehead atoms. The van der Waals surface area contributed by atoms with E-state index in [1.807, 2.05) is 0 Å². The number of aliphatic hydroxyl groups is 5. The van der Waals surface area contributed by atoms with Gasteiger partial charge in [0.1, 0.15) is 24.4 Å². The van der Waals surface area contributed by atoms with E-state index >= 15 is 0 Å². The van der Waals surface area contributed by atoms with Gasteiger partial charge in [-0.05, 0) is 6.08 Å². The van der Waals surface area contributed by atoms with Crippen LogP contribution in [0.2, 0.25) is 0 Å². The standard InChI is InChI=1S/C6H12O6.C3H5NO/c7-1-3(9)5(11)6(12)4(10)2-8;1-2-3(4)5/h1,3-6,8-12H,2H2;2H,1H2,(H2,4,5)/t3-,4+,5+,6+;/m0./s1. The quantitative estimate of drug-likeness (QED) is 0.209. The molecule has 0 saturated heterocycles. The number of primary amides is 1. The van der Waals surface area contributed by atoms with Crippen LogP contribution < -0.4 is 5.73 Å². The predicted molar refractivity (Wildman–Crippen MR) is 56.6 cm³/mol. The highest BCUT2D eigenvalue weighted by Gasteiger charge is 2.29. The van der Waals surface area contributed by atoms with Crippen molar-refractivity contribution in [3.63, 3.8) is 0 Å². The number of aldehydes is 1. The van der Waals surface area contributed by atoms with E-state index in [2.05, 4.69) is 12.3 Å². The average molecular weight is 251 g/mol. The molecule has 0 rings (SSSR count). The molecule has 0 aromatic carbocycles. The van der Waals surface area contributed by atoms with Crippen LogP contribution in [-0.4, -0.2) is 68.7 Å². The molecule has 0 saturated carbocycles. The van der Waals surface area contributed by atoms with Crippen LogP contribution in [0, 0.1) is 0 Å². The molecule has 0 fully saturated rings. The van der Waals surface area contributed by atoms with E-state index in [-0.39, 0.29) is 6.29 Å². The molecule has 0 aliphatic rings. The number of carbonyl (C=O) groups is 2. The summed E-state index contributed by atoms with van der Waals surface area (Å²) < 4.78 is 0. The Morgan fingerprint density at radius 1 is 1.24 bits per heavy atom. The fraction of sp³-hybridized carbons (Fsp3) is 0.556. The van der Waals surface area contributed by atoms with Gasteiger partial charge in [0.25, 0.3) is 0 Å². The number of aliphatic hydroxyl groups excluding tert-OH is 5. The van der Waals surface area contributed by atoms with Gasteiger partial charge in [0.15, 0.2) is 6.29 Å². The van der Waals surface area contributed by atoms with Crippen molar-refractivity contribution >= 4 is 12.2 Å². The van der Waals surface area contributed by atoms with Gasteiger partial charge >= 0.3 is 0 Å². The van der Waals surface area contributed by atoms with Crippen molar-refractivity contribution in [3.05, 3.63) is 12.7 Å². The number of hydrogen-bond acceptors (Lipinski definition) is 7. The monoisotopic (exact) mass is 251 g/mol. The Morgan fingerprint density at radius 3 is 1.88 bits per heavy atom. The molecule has 7 N–H and O–H groups in total. The molecule has 0 radical (unpaired) electrons. The van der Waals surface area contributed by atoms with Gasteiger partial charge in [-0.2, -0.15) is 0 Å². The molecule has 8 heteroatoms. The molecule has 8 nitrogen and oxygen atoms in total. The van der Waals surface area contributed by atoms with E-state index < -0.39 is 36.9 Å². The van der Waals surface area contributed by atoms with E-state index in [1.165, 1.54) is 0 Å². The first kappa shape index (κ1) is 18.1. The van der Waals surface area contributed by atoms with Crippen molar-refractivity contribution in [2.24, 2.45) is 5.73 Å². The number of amides is 1. The van der Waals surface area contributed by atoms with Crippen LogP contribution in [-0.2, 0) is 9.59 Å². The SMILES string of the molecule is C=CC(N)=O.O=C[C@H](O)[C@@H](O)[C@H](O)[C@H](O)CO. The predicted octanol–water partition coefficient (Wildman–Crippen LogP) is -3.72. The summed E-state index contributed by atoms with van der Waals surface area (Å²) in [5.41, 5.74) is 4.53. The maximum atomic E-state index is 9.90. The molecule has 4 atom stereocenters. The second-order valence-electron chi connectivity index (χ2n) is 2.96. The first-order valence-corrected chi connectivity index (χ1v) is 4.52. The lowest BCUT2D eigenvalue weighted by Crippen LogP contribution is -2.46. The first-order chi connectivity index (χ1) is 7.81. The van der Waals surface area contributed by atoms with Gasteiger partial charge in [0, 0.05) is 0 Å². The van der Waals surface area contributed by atoms with Crippen LogP contribution in [0.3, 0.4) is 0 Å². The number of nitrogens with two attached hydrogens (primary N) is 1. The Labute approximate surface area is 97.6 Å². The zero-order valence-electron chi connectivity index (χ0n) is 9.01. The molecule has 0 aliphatic carbocycles. The Hall–Kier alpha value is -1.32. The van der Waals surface area contributed by atoms with Gasteiger partial charge in [-0.25, -0.2) is 0 Å². The van der Waals surface area contributed by atoms with Gasteiger partial charge in [0.2, 0.25) is 5.91 Å². The van der Waals surface area contributed by atoms with Gasteiger partial charge < -0.3 is 36.1 Å². The van der Waals surface area contributed by atoms with Crippen LogP contribution >= 0.6 is 0 Å². The van der Waals surface area contributed by atoms with Crippen LogP contribution in [0.15, 0.2) is 12.7 Å². The fourth-order valence-electron chi connectivity index (χ4n) is 0.618. The zero-order valence-corrected chi connectivity index (χ0v) is 9.01. The highest BCUT2D eigenvalue weighted by atomic mass is 16.4. The molecular weight excluding hydrogens is 234 g/mol. The Kier molecular flexibility index (Phi) is 10.5. The summed E-state index contributed by atoms with van der Waals surface area (Å²) >= 11 is 0. The van der Waals surface area contributed by atoms with Crippen LogP contribution in [0.25, 0.3) is 0 Å². The lowest BCUT2D eigenvalue weighted by Gasteiger charge is -2.22. The number of hydrogen-bond donors (Lipinski definition) is 6. The van der Waals surface area contributed by atoms with Gasteiger partial charge in [-0.1, -0.05) is 6.58 Å². The van der Waals surface area contributed by atoms with Crippen molar-refractivity contribution < 1.29 is 35.1 Å². The Morgan fingerprint density at radius 2 is 1.65 bits per heavy atom. The van der Waals surface area contributed by atoms with Gasteiger partial charge in [-0.15, -0.1) is 0 Å². The molecule has 1 amide bonds. The Bertz CT molecular complexity index is 245. The third kappa shape index (κ3) is 8.48. The third-order valence-corrected chi connectivity index (χ3v) is 1.62. The minimum Gasteiger partial charge on any atom is -0.394 e. The summed E-state index contributed by atoms with van der Waals surface area (Å²) in [6.07, 6.45) is -5.78. The molecule has 100 valence electrons. The van der Waals surface area contributed by atoms with Crippen LogP contribution in [0.4, 0.5) is 0 Å². The average Bonchev–Trinajstić information content (AvgIpc) is 2.35. The van der Waals surface area contributed by atoms with Crippen LogP contribution in [0.5, 0.6) is 0 Å². The van der Waals surface area contributed by atoms with Crippen molar-refractivity contribution in [2.75, 3.05) is 6.61 Å². The number of rotatable bonds is 6. The minimum atomic E-state index is -1.79. The molecule has 0 heterocycles. The maximum absolute atomic E-state index is 9.90. The fourth-order valence-corrected chi connectivity index (χ4v) is 0.618. The summed E-state index contributed by atoms with van der Waals surface area (Å²) in [5, 5.41) is 43.5. The summed E-state index contributed by atoms with van der Waals surface area (Å²) in [6, 6.07) is 0. The smallest absolute Gasteiger partial charge is 0.240 e. The van der Waals surface area contributed by atoms with Gasteiger partial charge in [0.05, 0.1) is 6.61 Å². The molecular formula is C9H17NO7. The normalized spacial score (nSPS) is 16.8. The zero-order chi connectivity index (χ0) is 14.0. The molecule has 0 aromatic rings. The summed E-state index contributed by atoms with van der Waals surface area (Å²) in [4.78, 5) is 19.4. The van der Waals surface area contributed by atoms with Crippen molar-refractivity contribution in [1.82, 2.24) is 0 Å². The van der Waals surface area contributed by atoms with E-state index in [0.717, 1.165) is 6.08 Å². The van der Waals surface area contributed by atoms with Crippen LogP contribution in [0.1, 0.15) is 0 Å². The minimum absolute atomic E-state index is 0.0258. The molecule has 17 heavy (non-hydrogen) atoms. The van der Waals surface area contributed by atoms with E-state index in [9.17, 15) is 9.59 Å². The third-order valence-electron chi connectivity index (χ3n) is 1.62. The molecule has 0 aromatic heterocycles. The molecule has 0 spiro atoms. The highest BCUT2D eigenvalue weighted by Crippen LogP contribution is 2.02. The first-order valence-electron chi connectivity index (χ1n) is 4.52. The van der Waals surface area contributed by atoms with Crippen molar-refractivity contribution in [3.8, 4) is 0 Å². The second kappa shape index (κ2) is 9.87. The maximum Gasteiger partial charge on any atom is 0.240 e. The van der Waals surface area contributed by atoms with Crippen molar-refractivity contribution in [1.29, 1.82) is 0 Å². The molecule has 0 unspecified atom stereocenters. The van der Waals surface area contributed by atoms with E-state index in [0.29, 0.717) is 0 Å². The largest absolute Gasteiger partial charge is 0.394 e. The summed E-state index contributed by atoms with van der Waals surface area (Å²) in [5.74, 6) is -0.481. The summed E-state index contributed by atoms with van der Waals surface area (Å²) in [6.45, 7) is 2.33. The number of carbonyl (C=O) groups excluding carboxylic acids is 2. The Balaban J connectivity index is 0. The lowest BCUT2D eigenvalue weighted by molar-refractivity contribution is -0.136. The topological polar surface area (TPSA) is 161 Å². The van der Waals surface area contributed by atoms with Gasteiger partial charge in [-0.3, -0.25) is 4.79 Å². The second-order valence-corrected chi connectivity index (χ2v) is 2.96. The van der Waals surface area contributed by atoms with Crippen molar-refractivity contribution in [2.45, 2.75) is 24.4 Å².